The number of para-hydroxylation sites is 1. The SMILES string of the molecule is CCNc1ccnc(CN2CCCCc3ccccc32)c1. The van der Waals surface area contributed by atoms with Gasteiger partial charge in [0, 0.05) is 30.7 Å². The molecule has 2 heterocycles. The van der Waals surface area contributed by atoms with E-state index in [-0.39, 0.29) is 0 Å². The fourth-order valence-electron chi connectivity index (χ4n) is 3.01. The summed E-state index contributed by atoms with van der Waals surface area (Å²) in [4.78, 5) is 7.01. The van der Waals surface area contributed by atoms with E-state index in [9.17, 15) is 0 Å². The van der Waals surface area contributed by atoms with E-state index >= 15 is 0 Å². The predicted molar refractivity (Wildman–Crippen MR) is 88.8 cm³/mol. The lowest BCUT2D eigenvalue weighted by atomic mass is 10.1. The van der Waals surface area contributed by atoms with Crippen LogP contribution in [-0.2, 0) is 13.0 Å². The summed E-state index contributed by atoms with van der Waals surface area (Å²) in [6.45, 7) is 5.06. The van der Waals surface area contributed by atoms with Crippen molar-refractivity contribution in [3.63, 3.8) is 0 Å². The van der Waals surface area contributed by atoms with Gasteiger partial charge in [-0.1, -0.05) is 18.2 Å². The Bertz CT molecular complexity index is 595. The van der Waals surface area contributed by atoms with Crippen molar-refractivity contribution >= 4 is 11.4 Å². The molecule has 1 aliphatic heterocycles. The van der Waals surface area contributed by atoms with Gasteiger partial charge in [0.2, 0.25) is 0 Å². The molecule has 0 atom stereocenters. The minimum Gasteiger partial charge on any atom is -0.385 e. The van der Waals surface area contributed by atoms with Crippen LogP contribution in [0.4, 0.5) is 11.4 Å². The number of aromatic nitrogens is 1. The van der Waals surface area contributed by atoms with Crippen LogP contribution in [0.1, 0.15) is 31.0 Å². The van der Waals surface area contributed by atoms with Gasteiger partial charge < -0.3 is 10.2 Å². The van der Waals surface area contributed by atoms with Gasteiger partial charge in [0.25, 0.3) is 0 Å². The molecule has 1 aromatic heterocycles. The first-order chi connectivity index (χ1) is 10.4. The molecule has 3 rings (SSSR count). The van der Waals surface area contributed by atoms with Crippen molar-refractivity contribution in [3.05, 3.63) is 53.9 Å². The van der Waals surface area contributed by atoms with Gasteiger partial charge in [0.05, 0.1) is 12.2 Å². The highest BCUT2D eigenvalue weighted by molar-refractivity contribution is 5.55. The normalized spacial score (nSPS) is 14.4. The summed E-state index contributed by atoms with van der Waals surface area (Å²) in [7, 11) is 0. The number of rotatable bonds is 4. The van der Waals surface area contributed by atoms with Crippen LogP contribution < -0.4 is 10.2 Å². The Morgan fingerprint density at radius 3 is 3.00 bits per heavy atom. The van der Waals surface area contributed by atoms with Crippen molar-refractivity contribution < 1.29 is 0 Å². The number of nitrogens with one attached hydrogen (secondary N) is 1. The van der Waals surface area contributed by atoms with Gasteiger partial charge in [-0.15, -0.1) is 0 Å². The van der Waals surface area contributed by atoms with Crippen molar-refractivity contribution in [1.82, 2.24) is 4.98 Å². The molecule has 0 fully saturated rings. The molecule has 0 radical (unpaired) electrons. The number of pyridine rings is 1. The zero-order valence-corrected chi connectivity index (χ0v) is 12.7. The lowest BCUT2D eigenvalue weighted by molar-refractivity contribution is 0.708. The van der Waals surface area contributed by atoms with E-state index in [0.717, 1.165) is 31.0 Å². The van der Waals surface area contributed by atoms with Crippen LogP contribution in [-0.4, -0.2) is 18.1 Å². The molecule has 0 amide bonds. The fourth-order valence-corrected chi connectivity index (χ4v) is 3.01. The van der Waals surface area contributed by atoms with Crippen LogP contribution in [0.5, 0.6) is 0 Å². The quantitative estimate of drug-likeness (QED) is 0.922. The summed E-state index contributed by atoms with van der Waals surface area (Å²) in [5, 5.41) is 3.36. The fraction of sp³-hybridized carbons (Fsp3) is 0.389. The molecule has 0 spiro atoms. The number of hydrogen-bond acceptors (Lipinski definition) is 3. The number of hydrogen-bond donors (Lipinski definition) is 1. The van der Waals surface area contributed by atoms with Crippen molar-refractivity contribution in [1.29, 1.82) is 0 Å². The van der Waals surface area contributed by atoms with E-state index in [1.54, 1.807) is 0 Å². The van der Waals surface area contributed by atoms with Crippen LogP contribution in [0.15, 0.2) is 42.6 Å². The van der Waals surface area contributed by atoms with Crippen LogP contribution in [0.3, 0.4) is 0 Å². The predicted octanol–water partition coefficient (Wildman–Crippen LogP) is 3.86. The second-order valence-electron chi connectivity index (χ2n) is 5.57. The molecule has 1 N–H and O–H groups in total. The van der Waals surface area contributed by atoms with Gasteiger partial charge in [-0.25, -0.2) is 0 Å². The van der Waals surface area contributed by atoms with Gasteiger partial charge in [-0.2, -0.15) is 0 Å². The summed E-state index contributed by atoms with van der Waals surface area (Å²) in [5.41, 5.74) is 5.14. The Morgan fingerprint density at radius 2 is 2.10 bits per heavy atom. The molecule has 0 bridgehead atoms. The van der Waals surface area contributed by atoms with Crippen LogP contribution in [0.25, 0.3) is 0 Å². The summed E-state index contributed by atoms with van der Waals surface area (Å²) in [6.07, 6.45) is 5.62. The maximum absolute atomic E-state index is 4.54. The van der Waals surface area contributed by atoms with Crippen molar-refractivity contribution in [3.8, 4) is 0 Å². The number of nitrogens with zero attached hydrogens (tertiary/aromatic N) is 2. The third kappa shape index (κ3) is 3.35. The number of fused-ring (bicyclic) bond motifs is 1. The van der Waals surface area contributed by atoms with Gasteiger partial charge >= 0.3 is 0 Å². The minimum atomic E-state index is 0.885. The van der Waals surface area contributed by atoms with E-state index in [4.69, 9.17) is 0 Å². The van der Waals surface area contributed by atoms with Crippen LogP contribution in [0, 0.1) is 0 Å². The van der Waals surface area contributed by atoms with E-state index in [1.165, 1.54) is 30.5 Å². The highest BCUT2D eigenvalue weighted by atomic mass is 15.1. The van der Waals surface area contributed by atoms with E-state index < -0.39 is 0 Å². The molecule has 21 heavy (non-hydrogen) atoms. The number of aryl methyl sites for hydroxylation is 1. The average molecular weight is 281 g/mol. The molecule has 2 aromatic rings. The zero-order valence-electron chi connectivity index (χ0n) is 12.7. The average Bonchev–Trinajstić information content (AvgIpc) is 2.71. The van der Waals surface area contributed by atoms with Gasteiger partial charge in [0.15, 0.2) is 0 Å². The first-order valence-corrected chi connectivity index (χ1v) is 7.88. The smallest absolute Gasteiger partial charge is 0.0617 e. The van der Waals surface area contributed by atoms with Crippen LogP contribution in [0.2, 0.25) is 0 Å². The monoisotopic (exact) mass is 281 g/mol. The Hall–Kier alpha value is -2.03. The maximum atomic E-state index is 4.54. The molecule has 110 valence electrons. The summed E-state index contributed by atoms with van der Waals surface area (Å²) in [5.74, 6) is 0. The molecular weight excluding hydrogens is 258 g/mol. The van der Waals surface area contributed by atoms with Gasteiger partial charge in [-0.05, 0) is 49.9 Å². The number of anilines is 2. The zero-order chi connectivity index (χ0) is 14.5. The summed E-state index contributed by atoms with van der Waals surface area (Å²) in [6, 6.07) is 13.0. The summed E-state index contributed by atoms with van der Waals surface area (Å²) < 4.78 is 0. The molecule has 3 heteroatoms. The molecule has 0 saturated heterocycles. The second kappa shape index (κ2) is 6.61. The van der Waals surface area contributed by atoms with E-state index in [2.05, 4.69) is 52.5 Å². The van der Waals surface area contributed by atoms with E-state index in [1.807, 2.05) is 12.3 Å². The van der Waals surface area contributed by atoms with Gasteiger partial charge in [-0.3, -0.25) is 4.98 Å². The highest BCUT2D eigenvalue weighted by Gasteiger charge is 2.15. The van der Waals surface area contributed by atoms with Crippen molar-refractivity contribution in [2.75, 3.05) is 23.3 Å². The van der Waals surface area contributed by atoms with Crippen LogP contribution >= 0.6 is 0 Å². The Morgan fingerprint density at radius 1 is 1.19 bits per heavy atom. The molecule has 0 unspecified atom stereocenters. The Labute approximate surface area is 127 Å². The molecular formula is C18H23N3. The molecule has 0 saturated carbocycles. The number of benzene rings is 1. The first-order valence-electron chi connectivity index (χ1n) is 7.88. The third-order valence-electron chi connectivity index (χ3n) is 4.01. The topological polar surface area (TPSA) is 28.2 Å². The van der Waals surface area contributed by atoms with Crippen molar-refractivity contribution in [2.45, 2.75) is 32.7 Å². The molecule has 0 aliphatic carbocycles. The lowest BCUT2D eigenvalue weighted by Crippen LogP contribution is -2.24. The van der Waals surface area contributed by atoms with Crippen molar-refractivity contribution in [2.24, 2.45) is 0 Å². The maximum Gasteiger partial charge on any atom is 0.0617 e. The lowest BCUT2D eigenvalue weighted by Gasteiger charge is -2.24. The highest BCUT2D eigenvalue weighted by Crippen LogP contribution is 2.27. The minimum absolute atomic E-state index is 0.885. The standard InChI is InChI=1S/C18H23N3/c1-2-19-16-10-11-20-17(13-16)14-21-12-6-5-8-15-7-3-4-9-18(15)21/h3-4,7,9-11,13H,2,5-6,8,12,14H2,1H3,(H,19,20). The second-order valence-corrected chi connectivity index (χ2v) is 5.57. The Balaban J connectivity index is 1.82. The molecule has 1 aromatic carbocycles. The third-order valence-corrected chi connectivity index (χ3v) is 4.01. The Kier molecular flexibility index (Phi) is 4.39. The first kappa shape index (κ1) is 13.9. The van der Waals surface area contributed by atoms with E-state index in [0.29, 0.717) is 0 Å². The summed E-state index contributed by atoms with van der Waals surface area (Å²) >= 11 is 0. The largest absolute Gasteiger partial charge is 0.385 e. The molecule has 1 aliphatic rings. The molecule has 3 nitrogen and oxygen atoms in total. The van der Waals surface area contributed by atoms with Gasteiger partial charge in [0.1, 0.15) is 0 Å².